The van der Waals surface area contributed by atoms with Gasteiger partial charge in [-0.15, -0.1) is 0 Å². The van der Waals surface area contributed by atoms with E-state index in [9.17, 15) is 0 Å². The Balaban J connectivity index is 2.22. The van der Waals surface area contributed by atoms with Crippen LogP contribution in [0.1, 0.15) is 20.3 Å². The summed E-state index contributed by atoms with van der Waals surface area (Å²) in [7, 11) is 2.09. The number of hydrogen-bond acceptors (Lipinski definition) is 2. The van der Waals surface area contributed by atoms with E-state index < -0.39 is 0 Å². The summed E-state index contributed by atoms with van der Waals surface area (Å²) >= 11 is 0. The Kier molecular flexibility index (Phi) is 2.44. The van der Waals surface area contributed by atoms with Gasteiger partial charge in [0.2, 0.25) is 0 Å². The Labute approximate surface area is 86.0 Å². The summed E-state index contributed by atoms with van der Waals surface area (Å²) in [5.74, 6) is 2.65. The molecule has 0 saturated heterocycles. The van der Waals surface area contributed by atoms with E-state index in [-0.39, 0.29) is 0 Å². The molecular formula is C12H18N2. The van der Waals surface area contributed by atoms with Crippen LogP contribution in [0.15, 0.2) is 28.9 Å². The monoisotopic (exact) mass is 190 g/mol. The molecule has 0 bridgehead atoms. The molecule has 2 nitrogen and oxygen atoms in total. The molecule has 2 unspecified atom stereocenters. The summed E-state index contributed by atoms with van der Waals surface area (Å²) in [6, 6.07) is 0. The van der Waals surface area contributed by atoms with E-state index in [0.717, 1.165) is 24.2 Å². The number of rotatable bonds is 1. The Morgan fingerprint density at radius 2 is 2.36 bits per heavy atom. The molecule has 0 amide bonds. The lowest BCUT2D eigenvalue weighted by molar-refractivity contribution is 0.537. The largest absolute Gasteiger partial charge is 0.360 e. The fourth-order valence-corrected chi connectivity index (χ4v) is 1.90. The molecule has 14 heavy (non-hydrogen) atoms. The van der Waals surface area contributed by atoms with Crippen LogP contribution in [0.5, 0.6) is 0 Å². The fraction of sp³-hybridized carbons (Fsp3) is 0.583. The first-order valence-electron chi connectivity index (χ1n) is 5.36. The van der Waals surface area contributed by atoms with Gasteiger partial charge in [-0.1, -0.05) is 11.6 Å². The molecule has 0 aromatic heterocycles. The number of allylic oxidation sites excluding steroid dienone is 2. The van der Waals surface area contributed by atoms with Crippen molar-refractivity contribution in [2.75, 3.05) is 13.6 Å². The predicted octanol–water partition coefficient (Wildman–Crippen LogP) is 2.45. The molecule has 0 aromatic rings. The number of nitrogens with zero attached hydrogens (tertiary/aromatic N) is 2. The van der Waals surface area contributed by atoms with Gasteiger partial charge in [-0.25, -0.2) is 4.99 Å². The normalized spacial score (nSPS) is 31.9. The number of likely N-dealkylation sites (N-methyl/N-ethyl adjacent to an activating group) is 1. The lowest BCUT2D eigenvalue weighted by Crippen LogP contribution is -2.25. The van der Waals surface area contributed by atoms with E-state index >= 15 is 0 Å². The van der Waals surface area contributed by atoms with Crippen LogP contribution in [0.4, 0.5) is 0 Å². The Hall–Kier alpha value is -1.05. The van der Waals surface area contributed by atoms with E-state index in [1.54, 1.807) is 0 Å². The van der Waals surface area contributed by atoms with Crippen molar-refractivity contribution in [2.24, 2.45) is 16.8 Å². The summed E-state index contributed by atoms with van der Waals surface area (Å²) < 4.78 is 0. The van der Waals surface area contributed by atoms with Gasteiger partial charge in [-0.3, -0.25) is 0 Å². The zero-order chi connectivity index (χ0) is 10.1. The van der Waals surface area contributed by atoms with Crippen LogP contribution >= 0.6 is 0 Å². The molecule has 0 spiro atoms. The maximum atomic E-state index is 4.47. The van der Waals surface area contributed by atoms with Gasteiger partial charge in [0.25, 0.3) is 0 Å². The molecule has 1 fully saturated rings. The number of amidine groups is 1. The Bertz CT molecular complexity index is 312. The van der Waals surface area contributed by atoms with Crippen LogP contribution in [-0.4, -0.2) is 24.3 Å². The highest BCUT2D eigenvalue weighted by Crippen LogP contribution is 2.45. The minimum absolute atomic E-state index is 0.767. The zero-order valence-electron chi connectivity index (χ0n) is 9.20. The molecule has 76 valence electrons. The first kappa shape index (κ1) is 9.50. The summed E-state index contributed by atoms with van der Waals surface area (Å²) in [5.41, 5.74) is 1.48. The molecule has 1 aliphatic heterocycles. The molecular weight excluding hydrogens is 172 g/mol. The van der Waals surface area contributed by atoms with Gasteiger partial charge in [0.15, 0.2) is 0 Å². The van der Waals surface area contributed by atoms with Crippen LogP contribution in [0, 0.1) is 11.8 Å². The number of fused-ring (bicyclic) bond motifs is 1. The first-order valence-corrected chi connectivity index (χ1v) is 5.36. The zero-order valence-corrected chi connectivity index (χ0v) is 9.20. The minimum atomic E-state index is 0.767. The fourth-order valence-electron chi connectivity index (χ4n) is 1.90. The molecule has 2 aliphatic rings. The molecule has 0 N–H and O–H groups in total. The van der Waals surface area contributed by atoms with Gasteiger partial charge in [0, 0.05) is 19.8 Å². The third kappa shape index (κ3) is 1.74. The maximum Gasteiger partial charge on any atom is 0.128 e. The van der Waals surface area contributed by atoms with Crippen molar-refractivity contribution in [1.29, 1.82) is 0 Å². The second kappa shape index (κ2) is 3.60. The number of aliphatic imine (C=N–C) groups is 1. The third-order valence-electron chi connectivity index (χ3n) is 3.19. The maximum absolute atomic E-state index is 4.47. The smallest absolute Gasteiger partial charge is 0.128 e. The average Bonchev–Trinajstić information content (AvgIpc) is 2.91. The molecule has 1 aliphatic carbocycles. The Morgan fingerprint density at radius 3 is 3.07 bits per heavy atom. The summed E-state index contributed by atoms with van der Waals surface area (Å²) in [4.78, 5) is 6.64. The lowest BCUT2D eigenvalue weighted by Gasteiger charge is -2.17. The molecule has 2 atom stereocenters. The molecule has 2 rings (SSSR count). The minimum Gasteiger partial charge on any atom is -0.360 e. The SMILES string of the molecule is CCN(C)C1=N/C=C\C2CC2C(C)=C1. The molecule has 1 heterocycles. The highest BCUT2D eigenvalue weighted by atomic mass is 15.1. The van der Waals surface area contributed by atoms with Crippen molar-refractivity contribution in [3.63, 3.8) is 0 Å². The van der Waals surface area contributed by atoms with Gasteiger partial charge < -0.3 is 4.90 Å². The molecule has 2 heteroatoms. The van der Waals surface area contributed by atoms with E-state index in [2.05, 4.69) is 42.9 Å². The van der Waals surface area contributed by atoms with Gasteiger partial charge in [-0.05, 0) is 38.2 Å². The predicted molar refractivity (Wildman–Crippen MR) is 60.2 cm³/mol. The standard InChI is InChI=1S/C12H18N2/c1-4-14(3)12-7-9(2)11-8-10(11)5-6-13-12/h5-7,10-11H,4,8H2,1-3H3/b6-5-,9-7?,13-12?. The van der Waals surface area contributed by atoms with Crippen LogP contribution < -0.4 is 0 Å². The highest BCUT2D eigenvalue weighted by Gasteiger charge is 2.36. The summed E-state index contributed by atoms with van der Waals surface area (Å²) in [6.07, 6.45) is 7.76. The van der Waals surface area contributed by atoms with Crippen molar-refractivity contribution >= 4 is 5.84 Å². The van der Waals surface area contributed by atoms with Crippen LogP contribution in [0.3, 0.4) is 0 Å². The lowest BCUT2D eigenvalue weighted by atomic mass is 10.1. The molecule has 0 radical (unpaired) electrons. The Morgan fingerprint density at radius 1 is 1.57 bits per heavy atom. The van der Waals surface area contributed by atoms with Crippen LogP contribution in [0.25, 0.3) is 0 Å². The van der Waals surface area contributed by atoms with Crippen molar-refractivity contribution in [3.8, 4) is 0 Å². The van der Waals surface area contributed by atoms with E-state index in [1.807, 2.05) is 6.20 Å². The van der Waals surface area contributed by atoms with Gasteiger partial charge in [0.05, 0.1) is 0 Å². The first-order chi connectivity index (χ1) is 6.72. The molecule has 0 aromatic carbocycles. The quantitative estimate of drug-likeness (QED) is 0.620. The second-order valence-corrected chi connectivity index (χ2v) is 4.24. The van der Waals surface area contributed by atoms with E-state index in [4.69, 9.17) is 0 Å². The van der Waals surface area contributed by atoms with Gasteiger partial charge >= 0.3 is 0 Å². The second-order valence-electron chi connectivity index (χ2n) is 4.24. The highest BCUT2D eigenvalue weighted by molar-refractivity contribution is 5.94. The van der Waals surface area contributed by atoms with Crippen LogP contribution in [0.2, 0.25) is 0 Å². The van der Waals surface area contributed by atoms with Crippen molar-refractivity contribution in [3.05, 3.63) is 23.9 Å². The third-order valence-corrected chi connectivity index (χ3v) is 3.19. The molecule has 1 saturated carbocycles. The summed E-state index contributed by atoms with van der Waals surface area (Å²) in [6.45, 7) is 5.38. The number of hydrogen-bond donors (Lipinski definition) is 0. The van der Waals surface area contributed by atoms with Crippen molar-refractivity contribution < 1.29 is 0 Å². The van der Waals surface area contributed by atoms with E-state index in [0.29, 0.717) is 0 Å². The van der Waals surface area contributed by atoms with Crippen molar-refractivity contribution in [2.45, 2.75) is 20.3 Å². The summed E-state index contributed by atoms with van der Waals surface area (Å²) in [5, 5.41) is 0. The van der Waals surface area contributed by atoms with Crippen molar-refractivity contribution in [1.82, 2.24) is 4.90 Å². The topological polar surface area (TPSA) is 15.6 Å². The van der Waals surface area contributed by atoms with Crippen LogP contribution in [-0.2, 0) is 0 Å². The average molecular weight is 190 g/mol. The van der Waals surface area contributed by atoms with E-state index in [1.165, 1.54) is 12.0 Å². The van der Waals surface area contributed by atoms with Gasteiger partial charge in [0.1, 0.15) is 5.84 Å². The van der Waals surface area contributed by atoms with Gasteiger partial charge in [-0.2, -0.15) is 0 Å².